The molecule has 8 heteroatoms. The third kappa shape index (κ3) is 2.30. The normalized spacial score (nSPS) is 24.5. The molecule has 1 aromatic rings. The van der Waals surface area contributed by atoms with Crippen molar-refractivity contribution >= 4 is 12.4 Å². The van der Waals surface area contributed by atoms with Crippen molar-refractivity contribution in [2.45, 2.75) is 17.8 Å². The molecule has 2 atom stereocenters. The first-order valence-electron chi connectivity index (χ1n) is 5.85. The second-order valence-electron chi connectivity index (χ2n) is 4.26. The number of hydrogen-bond acceptors (Lipinski definition) is 5. The number of esters is 1. The summed E-state index contributed by atoms with van der Waals surface area (Å²) in [6, 6.07) is 3.20. The van der Waals surface area contributed by atoms with Crippen LogP contribution < -0.4 is 4.74 Å². The van der Waals surface area contributed by atoms with Crippen LogP contribution in [0.1, 0.15) is 5.56 Å². The number of rotatable bonds is 3. The number of carbonyl (C=O) groups is 1. The average molecular weight is 303 g/mol. The van der Waals surface area contributed by atoms with Gasteiger partial charge in [-0.15, -0.1) is 0 Å². The lowest BCUT2D eigenvalue weighted by atomic mass is 9.86. The number of benzene rings is 1. The summed E-state index contributed by atoms with van der Waals surface area (Å²) in [6.07, 6.45) is -4.24. The minimum Gasteiger partial charge on any atom is -0.497 e. The van der Waals surface area contributed by atoms with Gasteiger partial charge in [-0.25, -0.2) is 9.79 Å². The van der Waals surface area contributed by atoms with E-state index in [1.54, 1.807) is 0 Å². The standard InChI is InChI=1S/C13H12F3NO4/c1-19-9-5-3-8(4-6-9)12(13(14,15)16)10(11(18)20-2)17-7-21-12/h3-7,10H,1-2H3/t10-,12+/m0/s1. The van der Waals surface area contributed by atoms with Crippen molar-refractivity contribution in [2.24, 2.45) is 4.99 Å². The monoisotopic (exact) mass is 303 g/mol. The fraction of sp³-hybridized carbons (Fsp3) is 0.385. The van der Waals surface area contributed by atoms with Gasteiger partial charge in [0, 0.05) is 5.56 Å². The summed E-state index contributed by atoms with van der Waals surface area (Å²) in [5.41, 5.74) is -3.16. The van der Waals surface area contributed by atoms with Crippen LogP contribution >= 0.6 is 0 Å². The van der Waals surface area contributed by atoms with E-state index in [9.17, 15) is 18.0 Å². The lowest BCUT2D eigenvalue weighted by Crippen LogP contribution is -2.53. The van der Waals surface area contributed by atoms with Gasteiger partial charge in [-0.1, -0.05) is 12.1 Å². The molecule has 114 valence electrons. The number of halogens is 3. The number of alkyl halides is 3. The molecule has 2 rings (SSSR count). The number of nitrogens with zero attached hydrogens (tertiary/aromatic N) is 1. The minimum absolute atomic E-state index is 0.260. The fourth-order valence-electron chi connectivity index (χ4n) is 2.13. The summed E-state index contributed by atoms with van der Waals surface area (Å²) < 4.78 is 54.8. The molecule has 0 amide bonds. The SMILES string of the molecule is COC(=O)[C@@H]1N=CO[C@@]1(c1ccc(OC)cc1)C(F)(F)F. The molecule has 1 aromatic carbocycles. The van der Waals surface area contributed by atoms with Gasteiger partial charge >= 0.3 is 12.1 Å². The van der Waals surface area contributed by atoms with Crippen LogP contribution in [0.3, 0.4) is 0 Å². The maximum atomic E-state index is 13.6. The zero-order valence-corrected chi connectivity index (χ0v) is 11.2. The second-order valence-corrected chi connectivity index (χ2v) is 4.26. The molecule has 0 aliphatic carbocycles. The zero-order valence-electron chi connectivity index (χ0n) is 11.2. The highest BCUT2D eigenvalue weighted by molar-refractivity contribution is 5.81. The van der Waals surface area contributed by atoms with Crippen molar-refractivity contribution in [3.63, 3.8) is 0 Å². The van der Waals surface area contributed by atoms with Crippen molar-refractivity contribution in [1.82, 2.24) is 0 Å². The summed E-state index contributed by atoms with van der Waals surface area (Å²) in [5.74, 6) is -0.749. The number of ether oxygens (including phenoxy) is 3. The van der Waals surface area contributed by atoms with Gasteiger partial charge in [0.1, 0.15) is 5.75 Å². The summed E-state index contributed by atoms with van der Waals surface area (Å²) in [7, 11) is 2.38. The summed E-state index contributed by atoms with van der Waals surface area (Å²) in [4.78, 5) is 15.1. The molecule has 21 heavy (non-hydrogen) atoms. The van der Waals surface area contributed by atoms with Gasteiger partial charge < -0.3 is 14.2 Å². The maximum absolute atomic E-state index is 13.6. The Morgan fingerprint density at radius 2 is 1.90 bits per heavy atom. The molecule has 0 saturated carbocycles. The molecule has 0 unspecified atom stereocenters. The predicted molar refractivity (Wildman–Crippen MR) is 66.1 cm³/mol. The van der Waals surface area contributed by atoms with Crippen molar-refractivity contribution in [2.75, 3.05) is 14.2 Å². The smallest absolute Gasteiger partial charge is 0.435 e. The van der Waals surface area contributed by atoms with Crippen LogP contribution in [-0.2, 0) is 19.9 Å². The van der Waals surface area contributed by atoms with E-state index in [1.807, 2.05) is 0 Å². The summed E-state index contributed by atoms with van der Waals surface area (Å²) >= 11 is 0. The third-order valence-corrected chi connectivity index (χ3v) is 3.20. The molecular weight excluding hydrogens is 291 g/mol. The molecule has 1 heterocycles. The van der Waals surface area contributed by atoms with Gasteiger partial charge in [0.2, 0.25) is 6.04 Å². The lowest BCUT2D eigenvalue weighted by molar-refractivity contribution is -0.259. The molecule has 0 N–H and O–H groups in total. The Morgan fingerprint density at radius 1 is 1.29 bits per heavy atom. The molecule has 0 saturated heterocycles. The lowest BCUT2D eigenvalue weighted by Gasteiger charge is -2.33. The van der Waals surface area contributed by atoms with Gasteiger partial charge in [0.05, 0.1) is 14.2 Å². The van der Waals surface area contributed by atoms with E-state index in [2.05, 4.69) is 9.73 Å². The van der Waals surface area contributed by atoms with Crippen molar-refractivity contribution in [3.05, 3.63) is 29.8 Å². The largest absolute Gasteiger partial charge is 0.497 e. The van der Waals surface area contributed by atoms with E-state index in [0.29, 0.717) is 12.2 Å². The van der Waals surface area contributed by atoms with Crippen LogP contribution in [0.4, 0.5) is 13.2 Å². The van der Waals surface area contributed by atoms with Crippen LogP contribution in [0, 0.1) is 0 Å². The Balaban J connectivity index is 2.55. The highest BCUT2D eigenvalue weighted by Crippen LogP contribution is 2.48. The van der Waals surface area contributed by atoms with Gasteiger partial charge in [-0.2, -0.15) is 13.2 Å². The zero-order chi connectivity index (χ0) is 15.7. The molecule has 0 spiro atoms. The van der Waals surface area contributed by atoms with Gasteiger partial charge in [0.15, 0.2) is 6.40 Å². The predicted octanol–water partition coefficient (Wildman–Crippen LogP) is 2.05. The molecular formula is C13H12F3NO4. The topological polar surface area (TPSA) is 57.1 Å². The molecule has 0 aromatic heterocycles. The summed E-state index contributed by atoms with van der Waals surface area (Å²) in [6.45, 7) is 0. The van der Waals surface area contributed by atoms with E-state index < -0.39 is 23.8 Å². The number of hydrogen-bond donors (Lipinski definition) is 0. The van der Waals surface area contributed by atoms with Crippen molar-refractivity contribution in [3.8, 4) is 5.75 Å². The molecule has 5 nitrogen and oxygen atoms in total. The molecule has 1 aliphatic heterocycles. The quantitative estimate of drug-likeness (QED) is 0.802. The maximum Gasteiger partial charge on any atom is 0.435 e. The average Bonchev–Trinajstić information content (AvgIpc) is 2.92. The van der Waals surface area contributed by atoms with Crippen LogP contribution in [0.5, 0.6) is 5.75 Å². The number of aliphatic imine (C=N–C) groups is 1. The second kappa shape index (κ2) is 5.27. The van der Waals surface area contributed by atoms with Gasteiger partial charge in [-0.3, -0.25) is 0 Å². The van der Waals surface area contributed by atoms with Gasteiger partial charge in [-0.05, 0) is 12.1 Å². The first kappa shape index (κ1) is 15.1. The van der Waals surface area contributed by atoms with Gasteiger partial charge in [0.25, 0.3) is 5.60 Å². The Kier molecular flexibility index (Phi) is 3.80. The first-order valence-corrected chi connectivity index (χ1v) is 5.85. The summed E-state index contributed by atoms with van der Waals surface area (Å²) in [5, 5.41) is 0. The van der Waals surface area contributed by atoms with Crippen molar-refractivity contribution < 1.29 is 32.2 Å². The molecule has 0 radical (unpaired) electrons. The molecule has 0 fully saturated rings. The van der Waals surface area contributed by atoms with E-state index in [4.69, 9.17) is 9.47 Å². The van der Waals surface area contributed by atoms with E-state index in [1.165, 1.54) is 31.4 Å². The Labute approximate surface area is 118 Å². The van der Waals surface area contributed by atoms with E-state index >= 15 is 0 Å². The Morgan fingerprint density at radius 3 is 2.38 bits per heavy atom. The van der Waals surface area contributed by atoms with Crippen LogP contribution in [0.2, 0.25) is 0 Å². The van der Waals surface area contributed by atoms with Crippen LogP contribution in [0.25, 0.3) is 0 Å². The van der Waals surface area contributed by atoms with Crippen molar-refractivity contribution in [1.29, 1.82) is 0 Å². The number of carbonyl (C=O) groups excluding carboxylic acids is 1. The number of methoxy groups -OCH3 is 2. The highest BCUT2D eigenvalue weighted by Gasteiger charge is 2.67. The Bertz CT molecular complexity index is 556. The van der Waals surface area contributed by atoms with Crippen LogP contribution in [0.15, 0.2) is 29.3 Å². The molecule has 1 aliphatic rings. The van der Waals surface area contributed by atoms with E-state index in [-0.39, 0.29) is 5.56 Å². The molecule has 0 bridgehead atoms. The fourth-order valence-corrected chi connectivity index (χ4v) is 2.13. The highest BCUT2D eigenvalue weighted by atomic mass is 19.4. The first-order chi connectivity index (χ1) is 9.86. The van der Waals surface area contributed by atoms with Crippen LogP contribution in [-0.4, -0.2) is 38.8 Å². The Hall–Kier alpha value is -2.25. The minimum atomic E-state index is -4.86. The third-order valence-electron chi connectivity index (χ3n) is 3.20. The van der Waals surface area contributed by atoms with E-state index in [0.717, 1.165) is 7.11 Å².